The summed E-state index contributed by atoms with van der Waals surface area (Å²) in [6, 6.07) is 0. The fourth-order valence-electron chi connectivity index (χ4n) is 2.15. The van der Waals surface area contributed by atoms with Crippen molar-refractivity contribution in [3.8, 4) is 0 Å². The number of rotatable bonds is 10. The summed E-state index contributed by atoms with van der Waals surface area (Å²) in [5, 5.41) is 14.1. The highest BCUT2D eigenvalue weighted by Gasteiger charge is 2.34. The number of hydrogen-bond donors (Lipinski definition) is 3. The van der Waals surface area contributed by atoms with Gasteiger partial charge in [0.05, 0.1) is 11.8 Å². The van der Waals surface area contributed by atoms with Crippen LogP contribution in [-0.4, -0.2) is 42.8 Å². The Morgan fingerprint density at radius 3 is 2.18 bits per heavy atom. The quantitative estimate of drug-likeness (QED) is 0.410. The lowest BCUT2D eigenvalue weighted by Gasteiger charge is -2.25. The summed E-state index contributed by atoms with van der Waals surface area (Å²) >= 11 is 0. The molecule has 0 aliphatic carbocycles. The average Bonchev–Trinajstić information content (AvgIpc) is 2.46. The van der Waals surface area contributed by atoms with Crippen molar-refractivity contribution in [2.24, 2.45) is 22.7 Å². The first kappa shape index (κ1) is 19.8. The van der Waals surface area contributed by atoms with Crippen molar-refractivity contribution in [3.05, 3.63) is 12.7 Å². The topological polar surface area (TPSA) is 108 Å². The van der Waals surface area contributed by atoms with Crippen LogP contribution in [0, 0.1) is 17.8 Å². The second kappa shape index (κ2) is 9.70. The Morgan fingerprint density at radius 2 is 1.82 bits per heavy atom. The number of carboxylic acid groups (broad SMARTS) is 1. The van der Waals surface area contributed by atoms with E-state index in [4.69, 9.17) is 0 Å². The maximum atomic E-state index is 12.4. The molecule has 3 atom stereocenters. The first-order chi connectivity index (χ1) is 10.3. The molecule has 0 bridgehead atoms. The van der Waals surface area contributed by atoms with Crippen LogP contribution in [0.2, 0.25) is 0 Å². The second-order valence-corrected chi connectivity index (χ2v) is 5.41. The van der Waals surface area contributed by atoms with E-state index in [1.54, 1.807) is 0 Å². The van der Waals surface area contributed by atoms with E-state index in [1.807, 2.05) is 13.8 Å². The number of amides is 2. The Balaban J connectivity index is 5.27. The number of carbonyl (C=O) groups is 3. The smallest absolute Gasteiger partial charge is 0.307 e. The minimum absolute atomic E-state index is 0.123. The zero-order valence-electron chi connectivity index (χ0n) is 13.3. The van der Waals surface area contributed by atoms with E-state index in [1.165, 1.54) is 13.1 Å². The maximum absolute atomic E-state index is 12.4. The SMILES string of the molecule is C=CC[C@H](C(=O)O)C(CC(C)C)C(=O)NC(N=C)C(=O)NC. The summed E-state index contributed by atoms with van der Waals surface area (Å²) in [5.41, 5.74) is 0. The molecule has 0 saturated heterocycles. The van der Waals surface area contributed by atoms with E-state index in [2.05, 4.69) is 28.9 Å². The van der Waals surface area contributed by atoms with Gasteiger partial charge in [-0.15, -0.1) is 6.58 Å². The molecule has 3 N–H and O–H groups in total. The van der Waals surface area contributed by atoms with Crippen molar-refractivity contribution < 1.29 is 19.5 Å². The molecule has 0 aromatic rings. The van der Waals surface area contributed by atoms with Gasteiger partial charge >= 0.3 is 5.97 Å². The lowest BCUT2D eigenvalue weighted by Crippen LogP contribution is -2.48. The molecule has 0 aliphatic heterocycles. The fraction of sp³-hybridized carbons (Fsp3) is 0.600. The van der Waals surface area contributed by atoms with Gasteiger partial charge in [0.25, 0.3) is 5.91 Å². The van der Waals surface area contributed by atoms with Crippen molar-refractivity contribution >= 4 is 24.5 Å². The third kappa shape index (κ3) is 6.07. The van der Waals surface area contributed by atoms with Crippen molar-refractivity contribution in [2.75, 3.05) is 7.05 Å². The molecule has 0 aromatic carbocycles. The summed E-state index contributed by atoms with van der Waals surface area (Å²) in [7, 11) is 1.41. The highest BCUT2D eigenvalue weighted by atomic mass is 16.4. The Bertz CT molecular complexity index is 435. The lowest BCUT2D eigenvalue weighted by atomic mass is 9.82. The van der Waals surface area contributed by atoms with E-state index in [0.29, 0.717) is 6.42 Å². The number of aliphatic carboxylic acids is 1. The first-order valence-electron chi connectivity index (χ1n) is 7.09. The monoisotopic (exact) mass is 311 g/mol. The number of likely N-dealkylation sites (N-methyl/N-ethyl adjacent to an activating group) is 1. The fourth-order valence-corrected chi connectivity index (χ4v) is 2.15. The summed E-state index contributed by atoms with van der Waals surface area (Å²) in [4.78, 5) is 38.9. The predicted octanol–water partition coefficient (Wildman–Crippen LogP) is 0.815. The molecule has 124 valence electrons. The van der Waals surface area contributed by atoms with Gasteiger partial charge in [-0.05, 0) is 25.5 Å². The largest absolute Gasteiger partial charge is 0.481 e. The summed E-state index contributed by atoms with van der Waals surface area (Å²) < 4.78 is 0. The molecule has 0 fully saturated rings. The lowest BCUT2D eigenvalue weighted by molar-refractivity contribution is -0.148. The number of nitrogens with one attached hydrogen (secondary N) is 2. The number of aliphatic imine (C=N–C) groups is 1. The van der Waals surface area contributed by atoms with Gasteiger partial charge in [0.15, 0.2) is 6.17 Å². The number of nitrogens with zero attached hydrogens (tertiary/aromatic N) is 1. The van der Waals surface area contributed by atoms with Gasteiger partial charge in [0.1, 0.15) is 0 Å². The molecule has 0 aliphatic rings. The molecule has 0 spiro atoms. The number of carboxylic acids is 1. The van der Waals surface area contributed by atoms with E-state index in [9.17, 15) is 19.5 Å². The van der Waals surface area contributed by atoms with Crippen LogP contribution in [0.4, 0.5) is 0 Å². The van der Waals surface area contributed by atoms with Crippen LogP contribution in [0.25, 0.3) is 0 Å². The van der Waals surface area contributed by atoms with Gasteiger partial charge in [0, 0.05) is 7.05 Å². The third-order valence-electron chi connectivity index (χ3n) is 3.24. The Hall–Kier alpha value is -2.18. The number of hydrogen-bond acceptors (Lipinski definition) is 4. The van der Waals surface area contributed by atoms with Crippen molar-refractivity contribution in [1.82, 2.24) is 10.6 Å². The average molecular weight is 311 g/mol. The summed E-state index contributed by atoms with van der Waals surface area (Å²) in [6.45, 7) is 10.6. The van der Waals surface area contributed by atoms with Gasteiger partial charge in [-0.3, -0.25) is 19.4 Å². The highest BCUT2D eigenvalue weighted by Crippen LogP contribution is 2.25. The Kier molecular flexibility index (Phi) is 8.74. The number of carbonyl (C=O) groups excluding carboxylic acids is 2. The van der Waals surface area contributed by atoms with Gasteiger partial charge in [-0.1, -0.05) is 19.9 Å². The predicted molar refractivity (Wildman–Crippen MR) is 84.4 cm³/mol. The third-order valence-corrected chi connectivity index (χ3v) is 3.24. The molecule has 0 rings (SSSR count). The van der Waals surface area contributed by atoms with Crippen molar-refractivity contribution in [2.45, 2.75) is 32.9 Å². The van der Waals surface area contributed by atoms with E-state index in [-0.39, 0.29) is 12.3 Å². The molecule has 7 heteroatoms. The van der Waals surface area contributed by atoms with Crippen LogP contribution < -0.4 is 10.6 Å². The normalized spacial score (nSPS) is 14.5. The van der Waals surface area contributed by atoms with Crippen LogP contribution in [0.15, 0.2) is 17.6 Å². The minimum Gasteiger partial charge on any atom is -0.481 e. The maximum Gasteiger partial charge on any atom is 0.307 e. The zero-order valence-corrected chi connectivity index (χ0v) is 13.3. The zero-order chi connectivity index (χ0) is 17.3. The summed E-state index contributed by atoms with van der Waals surface area (Å²) in [6.07, 6.45) is 0.896. The van der Waals surface area contributed by atoms with Crippen LogP contribution in [0.3, 0.4) is 0 Å². The van der Waals surface area contributed by atoms with E-state index in [0.717, 1.165) is 0 Å². The van der Waals surface area contributed by atoms with Gasteiger partial charge in [-0.25, -0.2) is 0 Å². The summed E-state index contributed by atoms with van der Waals surface area (Å²) in [5.74, 6) is -3.65. The van der Waals surface area contributed by atoms with Gasteiger partial charge < -0.3 is 15.7 Å². The minimum atomic E-state index is -1.13. The van der Waals surface area contributed by atoms with Gasteiger partial charge in [0.2, 0.25) is 5.91 Å². The van der Waals surface area contributed by atoms with Crippen LogP contribution in [0.5, 0.6) is 0 Å². The van der Waals surface area contributed by atoms with Crippen LogP contribution >= 0.6 is 0 Å². The molecule has 0 saturated carbocycles. The van der Waals surface area contributed by atoms with Crippen LogP contribution in [-0.2, 0) is 14.4 Å². The molecule has 0 aromatic heterocycles. The van der Waals surface area contributed by atoms with Crippen LogP contribution in [0.1, 0.15) is 26.7 Å². The molecule has 2 amide bonds. The first-order valence-corrected chi connectivity index (χ1v) is 7.09. The molecule has 0 radical (unpaired) electrons. The molecule has 0 heterocycles. The standard InChI is InChI=1S/C15H25N3O4/c1-6-7-10(15(21)22)11(8-9(2)3)13(19)18-12(16-4)14(20)17-5/h6,9-12H,1,4,7-8H2,2-3,5H3,(H,17,20)(H,18,19)(H,21,22)/t10-,11?,12?/m0/s1. The second-order valence-electron chi connectivity index (χ2n) is 5.41. The van der Waals surface area contributed by atoms with E-state index < -0.39 is 35.8 Å². The van der Waals surface area contributed by atoms with Crippen molar-refractivity contribution in [1.29, 1.82) is 0 Å². The molecular weight excluding hydrogens is 286 g/mol. The molecular formula is C15H25N3O4. The highest BCUT2D eigenvalue weighted by molar-refractivity contribution is 5.90. The Labute approximate surface area is 130 Å². The Morgan fingerprint density at radius 1 is 1.23 bits per heavy atom. The molecule has 2 unspecified atom stereocenters. The molecule has 7 nitrogen and oxygen atoms in total. The van der Waals surface area contributed by atoms with Crippen molar-refractivity contribution in [3.63, 3.8) is 0 Å². The van der Waals surface area contributed by atoms with Gasteiger partial charge in [-0.2, -0.15) is 0 Å². The van der Waals surface area contributed by atoms with E-state index >= 15 is 0 Å². The number of allylic oxidation sites excluding steroid dienone is 1. The molecule has 22 heavy (non-hydrogen) atoms.